The number of benzene rings is 5. The smallest absolute Gasteiger partial charge is 0.337 e. The zero-order valence-electron chi connectivity index (χ0n) is 46.0. The zero-order chi connectivity index (χ0) is 53.4. The quantitative estimate of drug-likeness (QED) is 0.0664. The molecule has 0 aliphatic rings. The van der Waals surface area contributed by atoms with Gasteiger partial charge >= 0.3 is 11.9 Å². The maximum absolute atomic E-state index is 12.6. The molecule has 9 heteroatoms. The lowest BCUT2D eigenvalue weighted by Crippen LogP contribution is -2.17. The summed E-state index contributed by atoms with van der Waals surface area (Å²) in [4.78, 5) is 27.2. The van der Waals surface area contributed by atoms with E-state index in [2.05, 4.69) is 231 Å². The molecule has 0 aliphatic carbocycles. The molecular formula is C61H83BrO4S4. The van der Waals surface area contributed by atoms with Crippen LogP contribution in [0.2, 0.25) is 0 Å². The Morgan fingerprint density at radius 2 is 0.657 bits per heavy atom. The third-order valence-electron chi connectivity index (χ3n) is 11.8. The SMILES string of the molecule is CC(C)(C)c1cc(CBr)cc(C(C)(C)C)c1.COC(=O)c1cc(S)cc(S)c1.COC(=O)c1cc(SCc2cc(C(C)(C)C)cc(C(C)(C)C)c2)cc(SCc2cc(C(C)(C)C)cc(C(C)(C)C)c2)c1. The molecule has 5 aromatic carbocycles. The molecule has 0 saturated heterocycles. The van der Waals surface area contributed by atoms with Crippen molar-refractivity contribution in [2.45, 2.75) is 194 Å². The van der Waals surface area contributed by atoms with E-state index in [4.69, 9.17) is 4.74 Å². The minimum atomic E-state index is -0.374. The average Bonchev–Trinajstić information content (AvgIpc) is 3.25. The topological polar surface area (TPSA) is 52.6 Å². The van der Waals surface area contributed by atoms with E-state index in [1.54, 1.807) is 41.7 Å². The molecule has 5 aromatic rings. The molecule has 0 spiro atoms. The molecule has 382 valence electrons. The van der Waals surface area contributed by atoms with Gasteiger partial charge in [-0.05, 0) is 119 Å². The van der Waals surface area contributed by atoms with E-state index in [1.165, 1.54) is 64.3 Å². The van der Waals surface area contributed by atoms with Crippen LogP contribution in [0.15, 0.2) is 111 Å². The standard InChI is InChI=1S/C38H52O2S2.C15H23Br.C8H8O2S2/c1-35(2,3)28-14-25(15-29(20-28)36(4,5)6)23-41-32-18-27(34(39)40-13)19-33(22-32)42-24-26-16-30(37(7,8)9)21-31(17-26)38(10,11)12;1-14(2,3)12-7-11(10-16)8-13(9-12)15(4,5)6;1-10-8(9)5-2-6(11)4-7(12)3-5/h14-22H,23-24H2,1-13H3;7-9H,10H2,1-6H3;2-4,11-12H,1H3. The van der Waals surface area contributed by atoms with Crippen LogP contribution in [0.1, 0.15) is 195 Å². The molecule has 4 nitrogen and oxygen atoms in total. The van der Waals surface area contributed by atoms with Crippen molar-refractivity contribution in [1.29, 1.82) is 0 Å². The minimum absolute atomic E-state index is 0.0758. The van der Waals surface area contributed by atoms with Gasteiger partial charge in [0.2, 0.25) is 0 Å². The van der Waals surface area contributed by atoms with Gasteiger partial charge in [0.05, 0.1) is 25.3 Å². The van der Waals surface area contributed by atoms with Crippen LogP contribution < -0.4 is 0 Å². The number of thioether (sulfide) groups is 2. The average molecular weight is 1090 g/mol. The molecule has 70 heavy (non-hydrogen) atoms. The number of hydrogen-bond acceptors (Lipinski definition) is 8. The number of carbonyl (C=O) groups is 2. The van der Waals surface area contributed by atoms with Crippen LogP contribution in [0.3, 0.4) is 0 Å². The number of carbonyl (C=O) groups excluding carboxylic acids is 2. The molecule has 5 rings (SSSR count). The molecular weight excluding hydrogens is 1000 g/mol. The number of hydrogen-bond donors (Lipinski definition) is 2. The molecule has 0 atom stereocenters. The van der Waals surface area contributed by atoms with Crippen molar-refractivity contribution in [3.8, 4) is 0 Å². The number of alkyl halides is 1. The van der Waals surface area contributed by atoms with Gasteiger partial charge in [0, 0.05) is 36.4 Å². The Morgan fingerprint density at radius 1 is 0.400 bits per heavy atom. The van der Waals surface area contributed by atoms with Gasteiger partial charge in [-0.3, -0.25) is 0 Å². The highest BCUT2D eigenvalue weighted by Crippen LogP contribution is 2.37. The van der Waals surface area contributed by atoms with Gasteiger partial charge in [-0.25, -0.2) is 9.59 Å². The fourth-order valence-electron chi connectivity index (χ4n) is 7.06. The van der Waals surface area contributed by atoms with Gasteiger partial charge in [-0.1, -0.05) is 195 Å². The van der Waals surface area contributed by atoms with Crippen molar-refractivity contribution >= 4 is 76.6 Å². The van der Waals surface area contributed by atoms with Crippen LogP contribution in [0.5, 0.6) is 0 Å². The Labute approximate surface area is 452 Å². The van der Waals surface area contributed by atoms with Crippen molar-refractivity contribution in [2.24, 2.45) is 0 Å². The Kier molecular flexibility index (Phi) is 21.7. The number of halogens is 1. The zero-order valence-corrected chi connectivity index (χ0v) is 51.0. The fraction of sp³-hybridized carbons (Fsp3) is 0.475. The molecule has 0 heterocycles. The Balaban J connectivity index is 0.000000373. The molecule has 0 unspecified atom stereocenters. The second-order valence-corrected chi connectivity index (χ2v) is 28.1. The van der Waals surface area contributed by atoms with Crippen molar-refractivity contribution in [2.75, 3.05) is 14.2 Å². The molecule has 0 N–H and O–H groups in total. The summed E-state index contributed by atoms with van der Waals surface area (Å²) >= 11 is 15.3. The Morgan fingerprint density at radius 3 is 0.900 bits per heavy atom. The van der Waals surface area contributed by atoms with Crippen LogP contribution in [0, 0.1) is 0 Å². The van der Waals surface area contributed by atoms with Crippen LogP contribution >= 0.6 is 64.7 Å². The number of ether oxygens (including phenoxy) is 2. The second-order valence-electron chi connectivity index (χ2n) is 24.4. The van der Waals surface area contributed by atoms with Crippen LogP contribution in [-0.2, 0) is 58.8 Å². The number of rotatable bonds is 9. The van der Waals surface area contributed by atoms with Gasteiger partial charge in [0.25, 0.3) is 0 Å². The van der Waals surface area contributed by atoms with Gasteiger partial charge < -0.3 is 9.47 Å². The molecule has 0 fully saturated rings. The van der Waals surface area contributed by atoms with Crippen LogP contribution in [0.4, 0.5) is 0 Å². The predicted octanol–water partition coefficient (Wildman–Crippen LogP) is 18.5. The monoisotopic (exact) mass is 1090 g/mol. The summed E-state index contributed by atoms with van der Waals surface area (Å²) in [7, 11) is 2.79. The molecule has 0 amide bonds. The van der Waals surface area contributed by atoms with Crippen LogP contribution in [0.25, 0.3) is 0 Å². The summed E-state index contributed by atoms with van der Waals surface area (Å²) in [6, 6.07) is 32.2. The first-order valence-electron chi connectivity index (χ1n) is 24.1. The second kappa shape index (κ2) is 24.8. The van der Waals surface area contributed by atoms with E-state index in [0.29, 0.717) is 20.9 Å². The lowest BCUT2D eigenvalue weighted by molar-refractivity contribution is 0.0591. The third kappa shape index (κ3) is 19.4. The summed E-state index contributed by atoms with van der Waals surface area (Å²) in [6.45, 7) is 40.9. The molecule has 0 radical (unpaired) electrons. The maximum atomic E-state index is 12.6. The fourth-order valence-corrected chi connectivity index (χ4v) is 9.95. The first kappa shape index (κ1) is 61.2. The summed E-state index contributed by atoms with van der Waals surface area (Å²) in [5, 5.41) is 0.931. The first-order valence-corrected chi connectivity index (χ1v) is 28.0. The van der Waals surface area contributed by atoms with Gasteiger partial charge in [0.15, 0.2) is 0 Å². The van der Waals surface area contributed by atoms with E-state index in [0.717, 1.165) is 26.6 Å². The lowest BCUT2D eigenvalue weighted by Gasteiger charge is -2.26. The highest BCUT2D eigenvalue weighted by atomic mass is 79.9. The predicted molar refractivity (Wildman–Crippen MR) is 313 cm³/mol. The van der Waals surface area contributed by atoms with Gasteiger partial charge in [0.1, 0.15) is 0 Å². The first-order chi connectivity index (χ1) is 31.9. The van der Waals surface area contributed by atoms with E-state index in [-0.39, 0.29) is 44.4 Å². The van der Waals surface area contributed by atoms with E-state index >= 15 is 0 Å². The molecule has 0 aromatic heterocycles. The third-order valence-corrected chi connectivity index (χ3v) is 15.0. The summed E-state index contributed by atoms with van der Waals surface area (Å²) in [6.07, 6.45) is 0. The molecule has 0 aliphatic heterocycles. The van der Waals surface area contributed by atoms with Crippen molar-refractivity contribution in [3.05, 3.63) is 152 Å². The Hall–Kier alpha value is -3.08. The maximum Gasteiger partial charge on any atom is 0.337 e. The van der Waals surface area contributed by atoms with Crippen LogP contribution in [-0.4, -0.2) is 26.2 Å². The highest BCUT2D eigenvalue weighted by molar-refractivity contribution is 9.08. The normalized spacial score (nSPS) is 12.3. The highest BCUT2D eigenvalue weighted by Gasteiger charge is 2.24. The van der Waals surface area contributed by atoms with Crippen molar-refractivity contribution in [1.82, 2.24) is 0 Å². The summed E-state index contributed by atoms with van der Waals surface area (Å²) < 4.78 is 9.67. The minimum Gasteiger partial charge on any atom is -0.465 e. The van der Waals surface area contributed by atoms with Crippen molar-refractivity contribution in [3.63, 3.8) is 0 Å². The van der Waals surface area contributed by atoms with E-state index < -0.39 is 0 Å². The summed E-state index contributed by atoms with van der Waals surface area (Å²) in [5.41, 5.74) is 14.1. The van der Waals surface area contributed by atoms with E-state index in [9.17, 15) is 9.59 Å². The molecule has 0 saturated carbocycles. The largest absolute Gasteiger partial charge is 0.465 e. The van der Waals surface area contributed by atoms with Gasteiger partial charge in [-0.15, -0.1) is 48.8 Å². The Bertz CT molecular complexity index is 2360. The number of thiol groups is 2. The lowest BCUT2D eigenvalue weighted by atomic mass is 9.80. The molecule has 0 bridgehead atoms. The number of methoxy groups -OCH3 is 2. The van der Waals surface area contributed by atoms with Gasteiger partial charge in [-0.2, -0.15) is 0 Å². The van der Waals surface area contributed by atoms with E-state index in [1.807, 2.05) is 12.1 Å². The number of esters is 2. The summed E-state index contributed by atoms with van der Waals surface area (Å²) in [5.74, 6) is 1.00. The van der Waals surface area contributed by atoms with Crippen molar-refractivity contribution < 1.29 is 19.1 Å².